The summed E-state index contributed by atoms with van der Waals surface area (Å²) in [5.41, 5.74) is -0.375. The van der Waals surface area contributed by atoms with Gasteiger partial charge >= 0.3 is 5.97 Å². The van der Waals surface area contributed by atoms with E-state index in [9.17, 15) is 22.4 Å². The van der Waals surface area contributed by atoms with Crippen molar-refractivity contribution < 1.29 is 41.3 Å². The number of esters is 1. The molecule has 194 valence electrons. The zero-order valence-electron chi connectivity index (χ0n) is 20.0. The Morgan fingerprint density at radius 1 is 0.917 bits per heavy atom. The molecule has 1 aliphatic carbocycles. The third kappa shape index (κ3) is 4.64. The molecule has 0 radical (unpaired) electrons. The van der Waals surface area contributed by atoms with Crippen molar-refractivity contribution in [3.8, 4) is 16.9 Å². The molecule has 6 rings (SSSR count). The second kappa shape index (κ2) is 9.76. The monoisotopic (exact) mass is 508 g/mol. The summed E-state index contributed by atoms with van der Waals surface area (Å²) < 4.78 is 78.5. The first-order valence-corrected chi connectivity index (χ1v) is 12.3. The first kappa shape index (κ1) is 25.2. The van der Waals surface area contributed by atoms with Crippen molar-refractivity contribution in [3.05, 3.63) is 53.6 Å². The number of hydrogen-bond donors (Lipinski definition) is 0. The van der Waals surface area contributed by atoms with Crippen LogP contribution >= 0.6 is 0 Å². The van der Waals surface area contributed by atoms with Gasteiger partial charge in [-0.05, 0) is 61.9 Å². The largest absolute Gasteiger partial charge is 0.426 e. The number of benzene rings is 2. The van der Waals surface area contributed by atoms with E-state index in [-0.39, 0.29) is 34.1 Å². The van der Waals surface area contributed by atoms with Crippen LogP contribution in [0, 0.1) is 40.5 Å². The molecule has 5 nitrogen and oxygen atoms in total. The van der Waals surface area contributed by atoms with Crippen molar-refractivity contribution in [3.63, 3.8) is 0 Å². The minimum atomic E-state index is -1.62. The third-order valence-corrected chi connectivity index (χ3v) is 7.53. The molecular weight excluding hydrogens is 480 g/mol. The Bertz CT molecular complexity index is 1100. The smallest absolute Gasteiger partial charge is 0.314 e. The number of carbonyl (C=O) groups is 1. The second-order valence-corrected chi connectivity index (χ2v) is 10.1. The molecule has 0 spiro atoms. The fourth-order valence-electron chi connectivity index (χ4n) is 5.50. The van der Waals surface area contributed by atoms with E-state index in [0.29, 0.717) is 57.6 Å². The van der Waals surface area contributed by atoms with Crippen LogP contribution in [0.2, 0.25) is 0 Å². The maximum atomic E-state index is 14.6. The zero-order chi connectivity index (χ0) is 25.5. The summed E-state index contributed by atoms with van der Waals surface area (Å²) in [4.78, 5) is 12.7. The highest BCUT2D eigenvalue weighted by atomic mass is 19.2. The van der Waals surface area contributed by atoms with Crippen LogP contribution in [0.5, 0.6) is 5.75 Å². The van der Waals surface area contributed by atoms with Crippen LogP contribution in [0.25, 0.3) is 11.1 Å². The Morgan fingerprint density at radius 2 is 1.53 bits per heavy atom. The highest BCUT2D eigenvalue weighted by molar-refractivity contribution is 5.75. The quantitative estimate of drug-likeness (QED) is 0.203. The lowest BCUT2D eigenvalue weighted by atomic mass is 9.78. The van der Waals surface area contributed by atoms with E-state index in [1.165, 1.54) is 12.1 Å². The van der Waals surface area contributed by atoms with E-state index < -0.39 is 35.2 Å². The van der Waals surface area contributed by atoms with Gasteiger partial charge in [-0.1, -0.05) is 13.3 Å². The van der Waals surface area contributed by atoms with Gasteiger partial charge in [0.25, 0.3) is 5.97 Å². The first-order valence-electron chi connectivity index (χ1n) is 12.3. The molecule has 0 amide bonds. The Kier molecular flexibility index (Phi) is 6.82. The molecule has 2 bridgehead atoms. The van der Waals surface area contributed by atoms with Gasteiger partial charge in [0, 0.05) is 23.0 Å². The van der Waals surface area contributed by atoms with E-state index in [1.54, 1.807) is 0 Å². The number of fused-ring (bicyclic) bond motifs is 3. The average Bonchev–Trinajstić information content (AvgIpc) is 2.88. The Hall–Kier alpha value is -2.49. The van der Waals surface area contributed by atoms with Crippen LogP contribution in [0.4, 0.5) is 17.6 Å². The number of halogens is 4. The Morgan fingerprint density at radius 3 is 2.08 bits per heavy atom. The molecule has 9 heteroatoms. The Labute approximate surface area is 206 Å². The average molecular weight is 509 g/mol. The molecule has 0 atom stereocenters. The fourth-order valence-corrected chi connectivity index (χ4v) is 5.50. The van der Waals surface area contributed by atoms with Gasteiger partial charge in [0.15, 0.2) is 17.5 Å². The predicted molar refractivity (Wildman–Crippen MR) is 121 cm³/mol. The van der Waals surface area contributed by atoms with Crippen LogP contribution in [0.15, 0.2) is 30.3 Å². The summed E-state index contributed by atoms with van der Waals surface area (Å²) in [7, 11) is 0. The summed E-state index contributed by atoms with van der Waals surface area (Å²) in [6.45, 7) is 3.97. The van der Waals surface area contributed by atoms with Gasteiger partial charge in [0.1, 0.15) is 11.6 Å². The van der Waals surface area contributed by atoms with Gasteiger partial charge < -0.3 is 18.9 Å². The summed E-state index contributed by atoms with van der Waals surface area (Å²) in [6.07, 6.45) is 4.45. The van der Waals surface area contributed by atoms with E-state index >= 15 is 0 Å². The first-order chi connectivity index (χ1) is 17.2. The highest BCUT2D eigenvalue weighted by Gasteiger charge is 2.56. The molecule has 2 aromatic rings. The number of carbonyl (C=O) groups excluding carboxylic acids is 1. The lowest BCUT2D eigenvalue weighted by Crippen LogP contribution is -2.63. The van der Waals surface area contributed by atoms with E-state index in [2.05, 4.69) is 6.92 Å². The van der Waals surface area contributed by atoms with Crippen molar-refractivity contribution in [2.75, 3.05) is 19.8 Å². The van der Waals surface area contributed by atoms with Gasteiger partial charge in [-0.25, -0.2) is 17.6 Å². The lowest BCUT2D eigenvalue weighted by Gasteiger charge is -2.55. The molecule has 36 heavy (non-hydrogen) atoms. The van der Waals surface area contributed by atoms with E-state index in [4.69, 9.17) is 18.9 Å². The Balaban J connectivity index is 1.18. The predicted octanol–water partition coefficient (Wildman–Crippen LogP) is 6.14. The molecule has 3 heterocycles. The lowest BCUT2D eigenvalue weighted by molar-refractivity contribution is -0.488. The minimum Gasteiger partial charge on any atom is -0.426 e. The molecule has 1 saturated carbocycles. The summed E-state index contributed by atoms with van der Waals surface area (Å²) in [5, 5.41) is 0. The summed E-state index contributed by atoms with van der Waals surface area (Å²) in [5.74, 6) is -7.21. The standard InChI is InChI=1S/C27H28F4O5/c1-2-9-26-13-33-27(34-14-26,35-15-26)18-5-3-16(4-6-18)25(32)36-19-7-8-20(21(28)12-19)17-10-22(29)24(31)23(30)11-17/h7-8,10-12,16,18H,2-6,9,13-15H2,1H3. The molecular formula is C27H28F4O5. The third-order valence-electron chi connectivity index (χ3n) is 7.53. The SMILES string of the molecule is CCCC12COC(C3CCC(C(=O)Oc4ccc(-c5cc(F)c(F)c(F)c5)c(F)c4)CC3)(OC1)OC2. The van der Waals surface area contributed by atoms with Gasteiger partial charge in [-0.3, -0.25) is 4.79 Å². The van der Waals surface area contributed by atoms with Gasteiger partial charge in [-0.2, -0.15) is 0 Å². The number of rotatable bonds is 6. The second-order valence-electron chi connectivity index (χ2n) is 10.1. The number of ether oxygens (including phenoxy) is 4. The van der Waals surface area contributed by atoms with Crippen LogP contribution in [0.3, 0.4) is 0 Å². The van der Waals surface area contributed by atoms with Crippen molar-refractivity contribution >= 4 is 5.97 Å². The van der Waals surface area contributed by atoms with Gasteiger partial charge in [0.2, 0.25) is 0 Å². The van der Waals surface area contributed by atoms with Crippen LogP contribution < -0.4 is 4.74 Å². The normalized spacial score (nSPS) is 29.8. The minimum absolute atomic E-state index is 0.00899. The molecule has 3 aliphatic heterocycles. The maximum Gasteiger partial charge on any atom is 0.314 e. The zero-order valence-corrected chi connectivity index (χ0v) is 20.0. The van der Waals surface area contributed by atoms with Crippen LogP contribution in [0.1, 0.15) is 45.4 Å². The van der Waals surface area contributed by atoms with E-state index in [0.717, 1.165) is 18.9 Å². The van der Waals surface area contributed by atoms with Gasteiger partial charge in [-0.15, -0.1) is 0 Å². The fraction of sp³-hybridized carbons (Fsp3) is 0.519. The molecule has 4 fully saturated rings. The van der Waals surface area contributed by atoms with Crippen molar-refractivity contribution in [2.45, 2.75) is 51.4 Å². The molecule has 2 aromatic carbocycles. The van der Waals surface area contributed by atoms with Crippen molar-refractivity contribution in [1.29, 1.82) is 0 Å². The maximum absolute atomic E-state index is 14.6. The molecule has 3 saturated heterocycles. The highest BCUT2D eigenvalue weighted by Crippen LogP contribution is 2.48. The summed E-state index contributed by atoms with van der Waals surface area (Å²) in [6, 6.07) is 4.96. The molecule has 4 aliphatic rings. The topological polar surface area (TPSA) is 54.0 Å². The van der Waals surface area contributed by atoms with Crippen molar-refractivity contribution in [1.82, 2.24) is 0 Å². The van der Waals surface area contributed by atoms with Crippen LogP contribution in [-0.4, -0.2) is 31.8 Å². The molecule has 0 unspecified atom stereocenters. The van der Waals surface area contributed by atoms with E-state index in [1.807, 2.05) is 0 Å². The molecule has 0 aromatic heterocycles. The molecule has 0 N–H and O–H groups in total. The van der Waals surface area contributed by atoms with Crippen molar-refractivity contribution in [2.24, 2.45) is 17.3 Å². The van der Waals surface area contributed by atoms with Crippen LogP contribution in [-0.2, 0) is 19.0 Å². The summed E-state index contributed by atoms with van der Waals surface area (Å²) >= 11 is 0. The number of hydrogen-bond acceptors (Lipinski definition) is 5. The van der Waals surface area contributed by atoms with Gasteiger partial charge in [0.05, 0.1) is 25.7 Å².